The lowest BCUT2D eigenvalue weighted by Crippen LogP contribution is -2.46. The maximum absolute atomic E-state index is 11.7. The van der Waals surface area contributed by atoms with Crippen LogP contribution in [0.3, 0.4) is 0 Å². The summed E-state index contributed by atoms with van der Waals surface area (Å²) in [4.78, 5) is 11.7. The van der Waals surface area contributed by atoms with Crippen molar-refractivity contribution in [2.45, 2.75) is 65.7 Å². The molecular formula is C15H26O2. The van der Waals surface area contributed by atoms with Crippen LogP contribution in [0.4, 0.5) is 0 Å². The molecule has 98 valence electrons. The summed E-state index contributed by atoms with van der Waals surface area (Å²) in [5, 5.41) is 0. The van der Waals surface area contributed by atoms with Crippen molar-refractivity contribution in [3.8, 4) is 0 Å². The molecule has 0 N–H and O–H groups in total. The van der Waals surface area contributed by atoms with E-state index in [4.69, 9.17) is 4.74 Å². The van der Waals surface area contributed by atoms with Crippen LogP contribution in [0, 0.1) is 16.2 Å². The van der Waals surface area contributed by atoms with Crippen molar-refractivity contribution in [2.24, 2.45) is 16.2 Å². The molecule has 2 atom stereocenters. The number of hydrogen-bond acceptors (Lipinski definition) is 2. The van der Waals surface area contributed by atoms with E-state index in [2.05, 4.69) is 20.8 Å². The van der Waals surface area contributed by atoms with Crippen molar-refractivity contribution in [3.05, 3.63) is 0 Å². The molecule has 0 radical (unpaired) electrons. The van der Waals surface area contributed by atoms with Gasteiger partial charge in [-0.2, -0.15) is 0 Å². The fourth-order valence-corrected chi connectivity index (χ4v) is 5.10. The number of esters is 1. The van der Waals surface area contributed by atoms with Crippen molar-refractivity contribution in [1.29, 1.82) is 0 Å². The van der Waals surface area contributed by atoms with Crippen molar-refractivity contribution in [3.63, 3.8) is 0 Å². The van der Waals surface area contributed by atoms with Crippen LogP contribution in [-0.2, 0) is 9.53 Å². The Hall–Kier alpha value is -0.530. The van der Waals surface area contributed by atoms with E-state index in [1.165, 1.54) is 45.6 Å². The molecule has 0 spiro atoms. The molecular weight excluding hydrogens is 212 g/mol. The number of fused-ring (bicyclic) bond motifs is 2. The minimum absolute atomic E-state index is 0.0213. The Labute approximate surface area is 105 Å². The second-order valence-electron chi connectivity index (χ2n) is 7.61. The number of rotatable bonds is 2. The lowest BCUT2D eigenvalue weighted by Gasteiger charge is -2.56. The predicted octanol–water partition coefficient (Wildman–Crippen LogP) is 3.94. The standard InChI is InChI=1S/C15H26O2/c1-13(2)9-14(3)6-5-7-15(10-13,11-14)8-12(16)17-4/h5-11H2,1-4H3. The highest BCUT2D eigenvalue weighted by Gasteiger charge is 2.52. The van der Waals surface area contributed by atoms with Gasteiger partial charge in [-0.1, -0.05) is 27.2 Å². The number of carbonyl (C=O) groups is 1. The van der Waals surface area contributed by atoms with Crippen LogP contribution in [0.15, 0.2) is 0 Å². The van der Waals surface area contributed by atoms with Crippen LogP contribution >= 0.6 is 0 Å². The zero-order valence-electron chi connectivity index (χ0n) is 11.8. The third-order valence-electron chi connectivity index (χ3n) is 4.80. The van der Waals surface area contributed by atoms with Crippen LogP contribution in [0.5, 0.6) is 0 Å². The topological polar surface area (TPSA) is 26.3 Å². The molecule has 0 heterocycles. The average Bonchev–Trinajstić information content (AvgIpc) is 2.12. The normalized spacial score (nSPS) is 39.8. The molecule has 2 fully saturated rings. The van der Waals surface area contributed by atoms with Gasteiger partial charge in [-0.15, -0.1) is 0 Å². The van der Waals surface area contributed by atoms with E-state index >= 15 is 0 Å². The first-order valence-electron chi connectivity index (χ1n) is 6.85. The Bertz CT molecular complexity index is 317. The van der Waals surface area contributed by atoms with Gasteiger partial charge in [-0.25, -0.2) is 0 Å². The second kappa shape index (κ2) is 4.00. The molecule has 2 nitrogen and oxygen atoms in total. The molecule has 2 aliphatic rings. The monoisotopic (exact) mass is 238 g/mol. The lowest BCUT2D eigenvalue weighted by atomic mass is 9.48. The number of methoxy groups -OCH3 is 1. The van der Waals surface area contributed by atoms with Crippen molar-refractivity contribution >= 4 is 5.97 Å². The maximum atomic E-state index is 11.7. The Morgan fingerprint density at radius 1 is 1.12 bits per heavy atom. The van der Waals surface area contributed by atoms with Gasteiger partial charge in [0.1, 0.15) is 0 Å². The summed E-state index contributed by atoms with van der Waals surface area (Å²) >= 11 is 0. The van der Waals surface area contributed by atoms with Crippen LogP contribution < -0.4 is 0 Å². The molecule has 0 aromatic carbocycles. The quantitative estimate of drug-likeness (QED) is 0.681. The third-order valence-corrected chi connectivity index (χ3v) is 4.80. The van der Waals surface area contributed by atoms with Crippen LogP contribution in [0.25, 0.3) is 0 Å². The lowest BCUT2D eigenvalue weighted by molar-refractivity contribution is -0.148. The van der Waals surface area contributed by atoms with Gasteiger partial charge in [-0.3, -0.25) is 4.79 Å². The Morgan fingerprint density at radius 2 is 1.82 bits per heavy atom. The molecule has 2 rings (SSSR count). The minimum Gasteiger partial charge on any atom is -0.469 e. The van der Waals surface area contributed by atoms with Gasteiger partial charge in [0, 0.05) is 0 Å². The molecule has 2 saturated carbocycles. The summed E-state index contributed by atoms with van der Waals surface area (Å²) in [6, 6.07) is 0. The van der Waals surface area contributed by atoms with Gasteiger partial charge >= 0.3 is 5.97 Å². The van der Waals surface area contributed by atoms with Gasteiger partial charge in [-0.05, 0) is 48.3 Å². The van der Waals surface area contributed by atoms with Gasteiger partial charge < -0.3 is 4.74 Å². The summed E-state index contributed by atoms with van der Waals surface area (Å²) in [6.07, 6.45) is 8.17. The first kappa shape index (κ1) is 12.9. The third kappa shape index (κ3) is 2.66. The molecule has 2 aliphatic carbocycles. The summed E-state index contributed by atoms with van der Waals surface area (Å²) in [6.45, 7) is 7.14. The fraction of sp³-hybridized carbons (Fsp3) is 0.933. The van der Waals surface area contributed by atoms with E-state index in [9.17, 15) is 4.79 Å². The van der Waals surface area contributed by atoms with Gasteiger partial charge in [0.15, 0.2) is 0 Å². The molecule has 0 aliphatic heterocycles. The van der Waals surface area contributed by atoms with E-state index in [1.807, 2.05) is 0 Å². The van der Waals surface area contributed by atoms with E-state index in [1.54, 1.807) is 0 Å². The van der Waals surface area contributed by atoms with E-state index in [-0.39, 0.29) is 11.4 Å². The predicted molar refractivity (Wildman–Crippen MR) is 68.7 cm³/mol. The molecule has 0 saturated heterocycles. The fourth-order valence-electron chi connectivity index (χ4n) is 5.10. The van der Waals surface area contributed by atoms with Crippen LogP contribution in [-0.4, -0.2) is 13.1 Å². The summed E-state index contributed by atoms with van der Waals surface area (Å²) in [7, 11) is 1.51. The number of ether oxygens (including phenoxy) is 1. The highest BCUT2D eigenvalue weighted by atomic mass is 16.5. The highest BCUT2D eigenvalue weighted by Crippen LogP contribution is 2.62. The number of hydrogen-bond donors (Lipinski definition) is 0. The van der Waals surface area contributed by atoms with Crippen LogP contribution in [0.2, 0.25) is 0 Å². The van der Waals surface area contributed by atoms with Gasteiger partial charge in [0.25, 0.3) is 0 Å². The zero-order chi connectivity index (χ0) is 12.7. The SMILES string of the molecule is COC(=O)CC12CCCC(C)(CC(C)(C)C1)C2. The Kier molecular flexibility index (Phi) is 3.04. The van der Waals surface area contributed by atoms with E-state index in [0.29, 0.717) is 17.3 Å². The smallest absolute Gasteiger partial charge is 0.306 e. The zero-order valence-corrected chi connectivity index (χ0v) is 11.8. The Balaban J connectivity index is 2.22. The molecule has 0 amide bonds. The molecule has 2 bridgehead atoms. The minimum atomic E-state index is -0.0213. The van der Waals surface area contributed by atoms with Gasteiger partial charge in [0.2, 0.25) is 0 Å². The van der Waals surface area contributed by atoms with E-state index in [0.717, 1.165) is 0 Å². The average molecular weight is 238 g/mol. The van der Waals surface area contributed by atoms with Crippen molar-refractivity contribution in [2.75, 3.05) is 7.11 Å². The Morgan fingerprint density at radius 3 is 2.47 bits per heavy atom. The van der Waals surface area contributed by atoms with Crippen molar-refractivity contribution in [1.82, 2.24) is 0 Å². The molecule has 0 aromatic rings. The molecule has 0 aromatic heterocycles. The highest BCUT2D eigenvalue weighted by molar-refractivity contribution is 5.70. The maximum Gasteiger partial charge on any atom is 0.306 e. The van der Waals surface area contributed by atoms with Crippen LogP contribution in [0.1, 0.15) is 65.7 Å². The largest absolute Gasteiger partial charge is 0.469 e. The molecule has 2 unspecified atom stereocenters. The van der Waals surface area contributed by atoms with Gasteiger partial charge in [0.05, 0.1) is 13.5 Å². The first-order chi connectivity index (χ1) is 7.78. The van der Waals surface area contributed by atoms with E-state index < -0.39 is 0 Å². The first-order valence-corrected chi connectivity index (χ1v) is 6.85. The molecule has 17 heavy (non-hydrogen) atoms. The summed E-state index contributed by atoms with van der Waals surface area (Å²) < 4.78 is 4.90. The summed E-state index contributed by atoms with van der Waals surface area (Å²) in [5.41, 5.74) is 1.05. The summed E-state index contributed by atoms with van der Waals surface area (Å²) in [5.74, 6) is -0.0213. The number of carbonyl (C=O) groups excluding carboxylic acids is 1. The molecule has 2 heteroatoms. The second-order valence-corrected chi connectivity index (χ2v) is 7.61. The van der Waals surface area contributed by atoms with Crippen molar-refractivity contribution < 1.29 is 9.53 Å².